The Balaban J connectivity index is 3.90. The highest BCUT2D eigenvalue weighted by Crippen LogP contribution is 2.14. The number of hydrogen-bond donors (Lipinski definition) is 9. The van der Waals surface area contributed by atoms with E-state index in [-0.39, 0.29) is 140 Å². The van der Waals surface area contributed by atoms with Gasteiger partial charge in [0.25, 0.3) is 10.1 Å². The molecule has 0 fully saturated rings. The summed E-state index contributed by atoms with van der Waals surface area (Å²) in [4.78, 5) is 96.0. The Bertz CT molecular complexity index is 1670. The van der Waals surface area contributed by atoms with E-state index in [1.165, 1.54) is 0 Å². The molecule has 73 heavy (non-hydrogen) atoms. The quantitative estimate of drug-likeness (QED) is 0.0240. The van der Waals surface area contributed by atoms with Crippen LogP contribution >= 0.6 is 9.24 Å². The summed E-state index contributed by atoms with van der Waals surface area (Å²) < 4.78 is 51.5. The van der Waals surface area contributed by atoms with Gasteiger partial charge in [0.1, 0.15) is 25.3 Å². The number of ether oxygens (including phenoxy) is 4. The third-order valence-corrected chi connectivity index (χ3v) is 12.5. The van der Waals surface area contributed by atoms with Crippen LogP contribution in [0.5, 0.6) is 0 Å². The molecule has 1 unspecified atom stereocenters. The van der Waals surface area contributed by atoms with Gasteiger partial charge >= 0.3 is 11.9 Å². The molecule has 9 N–H and O–H groups in total. The van der Waals surface area contributed by atoms with Gasteiger partial charge in [-0.05, 0) is 57.9 Å². The molecule has 0 aliphatic heterocycles. The van der Waals surface area contributed by atoms with E-state index in [4.69, 9.17) is 23.5 Å². The zero-order valence-corrected chi connectivity index (χ0v) is 45.2. The van der Waals surface area contributed by atoms with E-state index in [2.05, 4.69) is 41.1 Å². The number of likely N-dealkylation sites (N-methyl/N-ethyl adjacent to an activating group) is 1. The second-order valence-corrected chi connectivity index (χ2v) is 19.9. The van der Waals surface area contributed by atoms with Gasteiger partial charge in [0.2, 0.25) is 29.5 Å². The van der Waals surface area contributed by atoms with Gasteiger partial charge in [0.05, 0.1) is 51.4 Å². The summed E-state index contributed by atoms with van der Waals surface area (Å²) in [6.45, 7) is 4.35. The topological polar surface area (TPSA) is 340 Å². The number of aliphatic carboxylic acids is 2. The lowest BCUT2D eigenvalue weighted by molar-refractivity contribution is -0.142. The van der Waals surface area contributed by atoms with Gasteiger partial charge in [0.15, 0.2) is 5.52 Å². The molecule has 23 nitrogen and oxygen atoms in total. The van der Waals surface area contributed by atoms with Crippen LogP contribution in [0.3, 0.4) is 0 Å². The summed E-state index contributed by atoms with van der Waals surface area (Å²) >= 11 is 0. The summed E-state index contributed by atoms with van der Waals surface area (Å²) in [5.41, 5.74) is 0.0248. The van der Waals surface area contributed by atoms with Crippen LogP contribution < -0.4 is 31.9 Å². The van der Waals surface area contributed by atoms with E-state index in [0.29, 0.717) is 38.8 Å². The second-order valence-electron chi connectivity index (χ2n) is 17.7. The van der Waals surface area contributed by atoms with Crippen LogP contribution in [0.25, 0.3) is 0 Å². The van der Waals surface area contributed by atoms with E-state index < -0.39 is 46.0 Å². The van der Waals surface area contributed by atoms with Crippen molar-refractivity contribution >= 4 is 66.4 Å². The summed E-state index contributed by atoms with van der Waals surface area (Å²) in [7, 11) is -1.67. The molecule has 0 aliphatic rings. The van der Waals surface area contributed by atoms with Crippen molar-refractivity contribution in [3.8, 4) is 0 Å². The van der Waals surface area contributed by atoms with E-state index in [0.717, 1.165) is 83.5 Å². The lowest BCUT2D eigenvalue weighted by atomic mass is 10.0. The molecule has 4 atom stereocenters. The lowest BCUT2D eigenvalue weighted by Crippen LogP contribution is -2.42. The number of carboxylic acids is 2. The average Bonchev–Trinajstić information content (AvgIpc) is 3.33. The van der Waals surface area contributed by atoms with Crippen molar-refractivity contribution in [2.75, 3.05) is 84.8 Å². The molecule has 0 rings (SSSR count). The molecule has 0 spiro atoms. The number of rotatable bonds is 52. The van der Waals surface area contributed by atoms with Gasteiger partial charge in [-0.1, -0.05) is 93.2 Å². The number of carboxylic acid groups (broad SMARTS) is 2. The molecular weight excluding hydrogens is 996 g/mol. The molecule has 0 bridgehead atoms. The molecular formula is C48H89N6O17PS. The third kappa shape index (κ3) is 46.4. The minimum absolute atomic E-state index is 0.0248. The number of nitrogens with one attached hydrogen (secondary N) is 6. The standard InChI is InChI=1S/C48H89N6O17PS/c1-2-49-40(48(64)72)21-17-18-26-50-44(58)36-70-33-32-69-30-28-52-45(59)37-71-34-31-68-29-27-51-41(55)25-24-39(47(62)63)54-43(57)23-16-15-20-38(46(60)61)53-42(56)22-14-12-10-8-6-4-3-5-7-9-11-13-19-35-73(65,66)67/h38-40,49H,2-37,72H2,1H3,(H,50,58)(H,51,55)(H,52,59)(H,53,56)(H,54,57)(H,60,61)(H,62,63)(H,65,66,67)/t38-,39-,40-/m0/s1. The highest BCUT2D eigenvalue weighted by atomic mass is 32.2. The van der Waals surface area contributed by atoms with Crippen molar-refractivity contribution in [3.63, 3.8) is 0 Å². The van der Waals surface area contributed by atoms with Gasteiger partial charge in [-0.25, -0.2) is 9.59 Å². The highest BCUT2D eigenvalue weighted by Gasteiger charge is 2.22. The van der Waals surface area contributed by atoms with Crippen LogP contribution in [0.4, 0.5) is 0 Å². The van der Waals surface area contributed by atoms with Crippen LogP contribution in [-0.4, -0.2) is 173 Å². The third-order valence-electron chi connectivity index (χ3n) is 11.3. The van der Waals surface area contributed by atoms with Crippen LogP contribution in [0.1, 0.15) is 155 Å². The van der Waals surface area contributed by atoms with Gasteiger partial charge in [-0.15, -0.1) is 0 Å². The van der Waals surface area contributed by atoms with Crippen molar-refractivity contribution in [1.82, 2.24) is 31.9 Å². The van der Waals surface area contributed by atoms with Crippen molar-refractivity contribution < 1.29 is 80.5 Å². The number of amides is 5. The molecule has 25 heteroatoms. The van der Waals surface area contributed by atoms with Gasteiger partial charge < -0.3 is 61.1 Å². The van der Waals surface area contributed by atoms with Crippen molar-refractivity contribution in [2.24, 2.45) is 0 Å². The van der Waals surface area contributed by atoms with Gasteiger partial charge in [-0.3, -0.25) is 33.3 Å². The number of hydrogen-bond acceptors (Lipinski definition) is 15. The van der Waals surface area contributed by atoms with Gasteiger partial charge in [0, 0.05) is 38.9 Å². The summed E-state index contributed by atoms with van der Waals surface area (Å²) in [5, 5.41) is 35.3. The normalized spacial score (nSPS) is 12.6. The smallest absolute Gasteiger partial charge is 0.326 e. The van der Waals surface area contributed by atoms with E-state index in [1.54, 1.807) is 0 Å². The predicted octanol–water partition coefficient (Wildman–Crippen LogP) is 2.78. The van der Waals surface area contributed by atoms with Crippen molar-refractivity contribution in [1.29, 1.82) is 0 Å². The summed E-state index contributed by atoms with van der Waals surface area (Å²) in [6, 6.07) is -2.60. The number of unbranched alkanes of at least 4 members (excludes halogenated alkanes) is 14. The molecule has 0 heterocycles. The lowest BCUT2D eigenvalue weighted by Gasteiger charge is -2.16. The highest BCUT2D eigenvalue weighted by molar-refractivity contribution is 7.85. The van der Waals surface area contributed by atoms with E-state index >= 15 is 0 Å². The molecule has 5 amide bonds. The maximum atomic E-state index is 12.5. The SMILES string of the molecule is CCN[C@@H](CCCCNC(=O)COCCOCCNC(=O)COCCOCCNC(=O)CC[C@H](NC(=O)CCCC[C@H](NC(=O)CCCCCCCCCCCCCCCS(=O)(=O)O)C(=O)O)C(=O)O)C(=O)P. The van der Waals surface area contributed by atoms with Gasteiger partial charge in [-0.2, -0.15) is 8.42 Å². The fourth-order valence-electron chi connectivity index (χ4n) is 7.25. The maximum absolute atomic E-state index is 12.5. The minimum atomic E-state index is -3.86. The molecule has 0 aromatic rings. The Morgan fingerprint density at radius 1 is 0.452 bits per heavy atom. The monoisotopic (exact) mass is 1080 g/mol. The van der Waals surface area contributed by atoms with E-state index in [9.17, 15) is 57.0 Å². The molecule has 0 radical (unpaired) electrons. The Labute approximate surface area is 434 Å². The molecule has 0 saturated carbocycles. The van der Waals surface area contributed by atoms with Crippen LogP contribution in [0, 0.1) is 0 Å². The Kier molecular flexibility index (Phi) is 44.1. The fourth-order valence-corrected chi connectivity index (χ4v) is 8.10. The van der Waals surface area contributed by atoms with Crippen LogP contribution in [0.2, 0.25) is 0 Å². The molecule has 0 aromatic carbocycles. The zero-order valence-electron chi connectivity index (χ0n) is 43.2. The predicted molar refractivity (Wildman–Crippen MR) is 276 cm³/mol. The average molecular weight is 1090 g/mol. The Hall–Kier alpha value is -3.90. The second kappa shape index (κ2) is 46.6. The minimum Gasteiger partial charge on any atom is -0.480 e. The first kappa shape index (κ1) is 69.1. The first-order valence-corrected chi connectivity index (χ1v) is 28.3. The molecule has 0 aromatic heterocycles. The van der Waals surface area contributed by atoms with Crippen molar-refractivity contribution in [3.05, 3.63) is 0 Å². The summed E-state index contributed by atoms with van der Waals surface area (Å²) in [5.74, 6) is -4.59. The maximum Gasteiger partial charge on any atom is 0.326 e. The summed E-state index contributed by atoms with van der Waals surface area (Å²) in [6.07, 6.45) is 15.2. The first-order valence-electron chi connectivity index (χ1n) is 26.1. The zero-order chi connectivity index (χ0) is 54.4. The molecule has 0 aliphatic carbocycles. The largest absolute Gasteiger partial charge is 0.480 e. The first-order chi connectivity index (χ1) is 34.9. The Morgan fingerprint density at radius 2 is 0.849 bits per heavy atom. The molecule has 424 valence electrons. The van der Waals surface area contributed by atoms with Crippen LogP contribution in [0.15, 0.2) is 0 Å². The number of carbonyl (C=O) groups excluding carboxylic acids is 6. The molecule has 0 saturated heterocycles. The number of carbonyl (C=O) groups is 8. The van der Waals surface area contributed by atoms with Crippen LogP contribution in [-0.2, 0) is 67.4 Å². The van der Waals surface area contributed by atoms with Crippen molar-refractivity contribution in [2.45, 2.75) is 173 Å². The van der Waals surface area contributed by atoms with E-state index in [1.807, 2.05) is 6.92 Å². The fraction of sp³-hybridized carbons (Fsp3) is 0.833. The Morgan fingerprint density at radius 3 is 1.32 bits per heavy atom.